The summed E-state index contributed by atoms with van der Waals surface area (Å²) in [6, 6.07) is 23.9. The maximum absolute atomic E-state index is 12.3. The van der Waals surface area contributed by atoms with Crippen molar-refractivity contribution in [2.75, 3.05) is 11.9 Å². The van der Waals surface area contributed by atoms with Crippen molar-refractivity contribution in [2.45, 2.75) is 13.0 Å². The molecule has 1 heterocycles. The van der Waals surface area contributed by atoms with Crippen molar-refractivity contribution in [1.29, 1.82) is 0 Å². The molecule has 4 nitrogen and oxygen atoms in total. The van der Waals surface area contributed by atoms with E-state index in [-0.39, 0.29) is 18.5 Å². The molecule has 4 heteroatoms. The van der Waals surface area contributed by atoms with Crippen molar-refractivity contribution in [1.82, 2.24) is 10.3 Å². The van der Waals surface area contributed by atoms with Crippen LogP contribution in [0.3, 0.4) is 0 Å². The predicted molar refractivity (Wildman–Crippen MR) is 100 cm³/mol. The summed E-state index contributed by atoms with van der Waals surface area (Å²) in [6.45, 7) is 2.12. The number of aromatic nitrogens is 1. The molecule has 0 radical (unpaired) electrons. The summed E-state index contributed by atoms with van der Waals surface area (Å²) >= 11 is 0. The Hall–Kier alpha value is -2.98. The number of nitrogens with zero attached hydrogens (tertiary/aromatic N) is 1. The number of nitrogens with one attached hydrogen (secondary N) is 2. The van der Waals surface area contributed by atoms with Crippen molar-refractivity contribution in [3.8, 4) is 0 Å². The zero-order chi connectivity index (χ0) is 17.5. The first kappa shape index (κ1) is 16.9. The summed E-state index contributed by atoms with van der Waals surface area (Å²) in [5.41, 5.74) is 3.87. The van der Waals surface area contributed by atoms with E-state index in [0.717, 1.165) is 16.8 Å². The lowest BCUT2D eigenvalue weighted by Crippen LogP contribution is -2.31. The second kappa shape index (κ2) is 8.22. The molecule has 2 aromatic carbocycles. The summed E-state index contributed by atoms with van der Waals surface area (Å²) in [4.78, 5) is 16.5. The van der Waals surface area contributed by atoms with Crippen LogP contribution in [0.1, 0.15) is 22.9 Å². The van der Waals surface area contributed by atoms with Crippen LogP contribution in [-0.2, 0) is 4.79 Å². The molecule has 25 heavy (non-hydrogen) atoms. The summed E-state index contributed by atoms with van der Waals surface area (Å²) in [6.07, 6.45) is 1.67. The molecule has 0 spiro atoms. The average Bonchev–Trinajstić information content (AvgIpc) is 2.66. The van der Waals surface area contributed by atoms with Crippen molar-refractivity contribution in [3.63, 3.8) is 0 Å². The lowest BCUT2D eigenvalue weighted by molar-refractivity contribution is -0.115. The van der Waals surface area contributed by atoms with Gasteiger partial charge in [0.2, 0.25) is 5.91 Å². The van der Waals surface area contributed by atoms with Gasteiger partial charge in [0.05, 0.1) is 24.5 Å². The minimum absolute atomic E-state index is 0.0377. The van der Waals surface area contributed by atoms with E-state index in [1.807, 2.05) is 55.5 Å². The van der Waals surface area contributed by atoms with E-state index in [1.165, 1.54) is 0 Å². The highest BCUT2D eigenvalue weighted by Gasteiger charge is 2.14. The number of carbonyl (C=O) groups excluding carboxylic acids is 1. The number of rotatable bonds is 6. The maximum atomic E-state index is 12.3. The van der Waals surface area contributed by atoms with E-state index in [0.29, 0.717) is 5.69 Å². The molecular formula is C21H21N3O. The molecule has 3 rings (SSSR count). The molecule has 1 amide bonds. The molecule has 0 saturated heterocycles. The molecule has 0 atom stereocenters. The molecule has 1 aromatic heterocycles. The highest BCUT2D eigenvalue weighted by Crippen LogP contribution is 2.21. The largest absolute Gasteiger partial charge is 0.324 e. The Bertz CT molecular complexity index is 762. The second-order valence-electron chi connectivity index (χ2n) is 5.87. The van der Waals surface area contributed by atoms with Gasteiger partial charge in [0.25, 0.3) is 0 Å². The van der Waals surface area contributed by atoms with E-state index in [9.17, 15) is 4.79 Å². The average molecular weight is 331 g/mol. The van der Waals surface area contributed by atoms with Crippen LogP contribution in [0.25, 0.3) is 0 Å². The Labute approximate surface area is 147 Å². The topological polar surface area (TPSA) is 54.0 Å². The van der Waals surface area contributed by atoms with Crippen molar-refractivity contribution < 1.29 is 4.79 Å². The Morgan fingerprint density at radius 2 is 1.52 bits per heavy atom. The number of benzene rings is 2. The molecule has 0 aliphatic carbocycles. The molecule has 0 bridgehead atoms. The standard InChI is InChI=1S/C21H21N3O/c1-16-12-13-19(14-22-16)24-20(25)15-23-21(17-8-4-2-5-9-17)18-10-6-3-7-11-18/h2-14,21,23H,15H2,1H3,(H,24,25). The van der Waals surface area contributed by atoms with Gasteiger partial charge in [-0.15, -0.1) is 0 Å². The van der Waals surface area contributed by atoms with Crippen LogP contribution in [0, 0.1) is 6.92 Å². The Morgan fingerprint density at radius 1 is 0.920 bits per heavy atom. The summed E-state index contributed by atoms with van der Waals surface area (Å²) < 4.78 is 0. The van der Waals surface area contributed by atoms with Gasteiger partial charge in [0.1, 0.15) is 0 Å². The van der Waals surface area contributed by atoms with Crippen molar-refractivity contribution in [3.05, 3.63) is 95.8 Å². The minimum atomic E-state index is -0.0949. The number of hydrogen-bond donors (Lipinski definition) is 2. The molecule has 0 unspecified atom stereocenters. The van der Waals surface area contributed by atoms with E-state index in [2.05, 4.69) is 39.9 Å². The minimum Gasteiger partial charge on any atom is -0.324 e. The fraction of sp³-hybridized carbons (Fsp3) is 0.143. The summed E-state index contributed by atoms with van der Waals surface area (Å²) in [5, 5.41) is 6.21. The SMILES string of the molecule is Cc1ccc(NC(=O)CNC(c2ccccc2)c2ccccc2)cn1. The smallest absolute Gasteiger partial charge is 0.238 e. The Morgan fingerprint density at radius 3 is 2.04 bits per heavy atom. The zero-order valence-electron chi connectivity index (χ0n) is 14.1. The number of amides is 1. The number of carbonyl (C=O) groups is 1. The number of pyridine rings is 1. The Kier molecular flexibility index (Phi) is 5.54. The van der Waals surface area contributed by atoms with Crippen LogP contribution in [0.2, 0.25) is 0 Å². The third kappa shape index (κ3) is 4.75. The summed E-state index contributed by atoms with van der Waals surface area (Å²) in [7, 11) is 0. The fourth-order valence-corrected chi connectivity index (χ4v) is 2.66. The van der Waals surface area contributed by atoms with E-state index in [1.54, 1.807) is 6.20 Å². The third-order valence-corrected chi connectivity index (χ3v) is 3.93. The predicted octanol–water partition coefficient (Wildman–Crippen LogP) is 3.71. The molecule has 0 aliphatic rings. The molecule has 0 fully saturated rings. The molecule has 3 aromatic rings. The highest BCUT2D eigenvalue weighted by molar-refractivity contribution is 5.92. The van der Waals surface area contributed by atoms with E-state index < -0.39 is 0 Å². The molecular weight excluding hydrogens is 310 g/mol. The number of hydrogen-bond acceptors (Lipinski definition) is 3. The lowest BCUT2D eigenvalue weighted by Gasteiger charge is -2.19. The highest BCUT2D eigenvalue weighted by atomic mass is 16.1. The first-order valence-electron chi connectivity index (χ1n) is 8.28. The maximum Gasteiger partial charge on any atom is 0.238 e. The first-order valence-corrected chi connectivity index (χ1v) is 8.28. The van der Waals surface area contributed by atoms with Crippen LogP contribution in [0.15, 0.2) is 79.0 Å². The van der Waals surface area contributed by atoms with Gasteiger partial charge in [-0.25, -0.2) is 0 Å². The van der Waals surface area contributed by atoms with E-state index in [4.69, 9.17) is 0 Å². The van der Waals surface area contributed by atoms with Gasteiger partial charge in [-0.3, -0.25) is 15.1 Å². The number of anilines is 1. The van der Waals surface area contributed by atoms with Crippen molar-refractivity contribution in [2.24, 2.45) is 0 Å². The van der Waals surface area contributed by atoms with Gasteiger partial charge in [0.15, 0.2) is 0 Å². The molecule has 126 valence electrons. The van der Waals surface area contributed by atoms with E-state index >= 15 is 0 Å². The summed E-state index contributed by atoms with van der Waals surface area (Å²) in [5.74, 6) is -0.0949. The zero-order valence-corrected chi connectivity index (χ0v) is 14.1. The van der Waals surface area contributed by atoms with Gasteiger partial charge < -0.3 is 5.32 Å². The van der Waals surface area contributed by atoms with Gasteiger partial charge in [0, 0.05) is 5.69 Å². The molecule has 0 aliphatic heterocycles. The monoisotopic (exact) mass is 331 g/mol. The number of aryl methyl sites for hydroxylation is 1. The fourth-order valence-electron chi connectivity index (χ4n) is 2.66. The lowest BCUT2D eigenvalue weighted by atomic mass is 9.99. The normalized spacial score (nSPS) is 10.6. The van der Waals surface area contributed by atoms with Gasteiger partial charge in [-0.05, 0) is 30.2 Å². The van der Waals surface area contributed by atoms with Gasteiger partial charge >= 0.3 is 0 Å². The molecule has 2 N–H and O–H groups in total. The second-order valence-corrected chi connectivity index (χ2v) is 5.87. The first-order chi connectivity index (χ1) is 12.2. The van der Waals surface area contributed by atoms with Crippen LogP contribution in [0.4, 0.5) is 5.69 Å². The van der Waals surface area contributed by atoms with Crippen LogP contribution in [0.5, 0.6) is 0 Å². The van der Waals surface area contributed by atoms with Crippen LogP contribution in [-0.4, -0.2) is 17.4 Å². The van der Waals surface area contributed by atoms with Gasteiger partial charge in [-0.1, -0.05) is 60.7 Å². The quantitative estimate of drug-likeness (QED) is 0.724. The third-order valence-electron chi connectivity index (χ3n) is 3.93. The van der Waals surface area contributed by atoms with Crippen LogP contribution >= 0.6 is 0 Å². The van der Waals surface area contributed by atoms with Gasteiger partial charge in [-0.2, -0.15) is 0 Å². The van der Waals surface area contributed by atoms with Crippen LogP contribution < -0.4 is 10.6 Å². The van der Waals surface area contributed by atoms with Crippen molar-refractivity contribution >= 4 is 11.6 Å². The molecule has 0 saturated carbocycles. The Balaban J connectivity index is 1.68.